The number of hydrogen-bond donors (Lipinski definition) is 2. The van der Waals surface area contributed by atoms with Crippen molar-refractivity contribution in [2.45, 2.75) is 6.18 Å². The van der Waals surface area contributed by atoms with Gasteiger partial charge in [-0.3, -0.25) is 9.59 Å². The first-order valence-electron chi connectivity index (χ1n) is 9.23. The van der Waals surface area contributed by atoms with Gasteiger partial charge in [0.1, 0.15) is 5.82 Å². The van der Waals surface area contributed by atoms with Crippen LogP contribution in [0.1, 0.15) is 26.5 Å². The molecule has 0 saturated carbocycles. The molecular weight excluding hydrogens is 462 g/mol. The molecule has 3 N–H and O–H groups in total. The summed E-state index contributed by atoms with van der Waals surface area (Å²) in [6.45, 7) is 0. The van der Waals surface area contributed by atoms with E-state index < -0.39 is 34.9 Å². The van der Waals surface area contributed by atoms with Gasteiger partial charge in [-0.15, -0.1) is 16.4 Å². The fourth-order valence-corrected chi connectivity index (χ4v) is 3.64. The van der Waals surface area contributed by atoms with Crippen LogP contribution in [0.25, 0.3) is 16.4 Å². The predicted molar refractivity (Wildman–Crippen MR) is 113 cm³/mol. The first kappa shape index (κ1) is 22.1. The molecule has 0 aliphatic carbocycles. The van der Waals surface area contributed by atoms with Crippen LogP contribution in [-0.4, -0.2) is 26.6 Å². The molecule has 0 aliphatic rings. The Labute approximate surface area is 187 Å². The van der Waals surface area contributed by atoms with Crippen LogP contribution in [0.5, 0.6) is 0 Å². The highest BCUT2D eigenvalue weighted by atomic mass is 32.1. The molecule has 2 heterocycles. The van der Waals surface area contributed by atoms with Crippen molar-refractivity contribution in [2.24, 2.45) is 5.73 Å². The van der Waals surface area contributed by atoms with Crippen LogP contribution in [0.15, 0.2) is 60.0 Å². The fourth-order valence-electron chi connectivity index (χ4n) is 2.95. The minimum Gasteiger partial charge on any atom is -0.366 e. The third-order valence-corrected chi connectivity index (χ3v) is 5.33. The van der Waals surface area contributed by atoms with Gasteiger partial charge in [0.2, 0.25) is 5.82 Å². The zero-order chi connectivity index (χ0) is 23.8. The van der Waals surface area contributed by atoms with Crippen molar-refractivity contribution in [3.8, 4) is 16.4 Å². The molecule has 7 nitrogen and oxygen atoms in total. The summed E-state index contributed by atoms with van der Waals surface area (Å²) in [5.74, 6) is -2.88. The van der Waals surface area contributed by atoms with E-state index in [0.717, 1.165) is 28.9 Å². The minimum absolute atomic E-state index is 0.0533. The van der Waals surface area contributed by atoms with Crippen molar-refractivity contribution in [3.63, 3.8) is 0 Å². The van der Waals surface area contributed by atoms with E-state index in [0.29, 0.717) is 4.88 Å². The third-order valence-electron chi connectivity index (χ3n) is 4.46. The average Bonchev–Trinajstić information content (AvgIpc) is 3.44. The van der Waals surface area contributed by atoms with Crippen molar-refractivity contribution < 1.29 is 27.2 Å². The summed E-state index contributed by atoms with van der Waals surface area (Å²) < 4.78 is 54.4. The van der Waals surface area contributed by atoms with Crippen LogP contribution >= 0.6 is 11.3 Å². The Morgan fingerprint density at radius 3 is 2.52 bits per heavy atom. The quantitative estimate of drug-likeness (QED) is 0.415. The van der Waals surface area contributed by atoms with Crippen LogP contribution in [-0.2, 0) is 6.18 Å². The van der Waals surface area contributed by atoms with E-state index in [1.165, 1.54) is 29.5 Å². The maximum absolute atomic E-state index is 13.7. The second-order valence-corrected chi connectivity index (χ2v) is 7.66. The maximum atomic E-state index is 13.7. The Hall–Kier alpha value is -4.06. The number of benzene rings is 2. The lowest BCUT2D eigenvalue weighted by Crippen LogP contribution is -2.17. The van der Waals surface area contributed by atoms with Crippen LogP contribution in [0.4, 0.5) is 23.2 Å². The second-order valence-electron chi connectivity index (χ2n) is 6.71. The van der Waals surface area contributed by atoms with Crippen molar-refractivity contribution in [1.29, 1.82) is 0 Å². The lowest BCUT2D eigenvalue weighted by molar-refractivity contribution is -0.137. The summed E-state index contributed by atoms with van der Waals surface area (Å²) in [7, 11) is 0. The summed E-state index contributed by atoms with van der Waals surface area (Å²) in [6.07, 6.45) is -4.57. The summed E-state index contributed by atoms with van der Waals surface area (Å²) in [5, 5.41) is 8.26. The standard InChI is InChI=1S/C21H13F4N5O2S/c22-15-7-6-12(10-14(15)17(26)31)27-20(32)18-28-19(16-5-2-8-33-16)30(29-18)13-4-1-3-11(9-13)21(23,24)25/h1-10H,(H2,26,31)(H,27,32). The molecule has 0 bridgehead atoms. The van der Waals surface area contributed by atoms with E-state index in [4.69, 9.17) is 5.73 Å². The van der Waals surface area contributed by atoms with Gasteiger partial charge in [-0.1, -0.05) is 12.1 Å². The number of halogens is 4. The lowest BCUT2D eigenvalue weighted by Gasteiger charge is -2.09. The number of amides is 2. The molecule has 0 aliphatic heterocycles. The fraction of sp³-hybridized carbons (Fsp3) is 0.0476. The largest absolute Gasteiger partial charge is 0.416 e. The zero-order valence-corrected chi connectivity index (χ0v) is 17.2. The number of anilines is 1. The van der Waals surface area contributed by atoms with Gasteiger partial charge in [0, 0.05) is 5.69 Å². The van der Waals surface area contributed by atoms with Crippen LogP contribution < -0.4 is 11.1 Å². The number of rotatable bonds is 5. The number of aromatic nitrogens is 3. The highest BCUT2D eigenvalue weighted by Gasteiger charge is 2.31. The first-order valence-corrected chi connectivity index (χ1v) is 10.1. The monoisotopic (exact) mass is 475 g/mol. The van der Waals surface area contributed by atoms with Gasteiger partial charge < -0.3 is 11.1 Å². The van der Waals surface area contributed by atoms with E-state index >= 15 is 0 Å². The molecule has 33 heavy (non-hydrogen) atoms. The van der Waals surface area contributed by atoms with Crippen LogP contribution in [0.3, 0.4) is 0 Å². The number of thiophene rings is 1. The van der Waals surface area contributed by atoms with E-state index in [2.05, 4.69) is 15.4 Å². The average molecular weight is 475 g/mol. The highest BCUT2D eigenvalue weighted by molar-refractivity contribution is 7.13. The summed E-state index contributed by atoms with van der Waals surface area (Å²) in [5.41, 5.74) is 3.92. The number of primary amides is 1. The normalized spacial score (nSPS) is 11.4. The number of alkyl halides is 3. The Kier molecular flexibility index (Phi) is 5.68. The molecule has 0 fully saturated rings. The number of carbonyl (C=O) groups is 2. The van der Waals surface area contributed by atoms with Gasteiger partial charge in [0.05, 0.1) is 21.7 Å². The molecule has 4 aromatic rings. The topological polar surface area (TPSA) is 103 Å². The van der Waals surface area contributed by atoms with Gasteiger partial charge in [-0.25, -0.2) is 14.1 Å². The second kappa shape index (κ2) is 8.47. The molecule has 0 spiro atoms. The predicted octanol–water partition coefficient (Wildman–Crippen LogP) is 4.50. The Morgan fingerprint density at radius 1 is 1.06 bits per heavy atom. The van der Waals surface area contributed by atoms with E-state index in [1.807, 2.05) is 0 Å². The van der Waals surface area contributed by atoms with Gasteiger partial charge >= 0.3 is 6.18 Å². The molecule has 0 saturated heterocycles. The van der Waals surface area contributed by atoms with Gasteiger partial charge in [0.15, 0.2) is 5.82 Å². The summed E-state index contributed by atoms with van der Waals surface area (Å²) >= 11 is 1.26. The van der Waals surface area contributed by atoms with Crippen molar-refractivity contribution >= 4 is 28.8 Å². The smallest absolute Gasteiger partial charge is 0.366 e. The number of nitrogens with zero attached hydrogens (tertiary/aromatic N) is 3. The minimum atomic E-state index is -4.57. The van der Waals surface area contributed by atoms with E-state index in [1.54, 1.807) is 17.5 Å². The van der Waals surface area contributed by atoms with Gasteiger partial charge in [0.25, 0.3) is 11.8 Å². The summed E-state index contributed by atoms with van der Waals surface area (Å²) in [4.78, 5) is 28.8. The molecule has 12 heteroatoms. The van der Waals surface area contributed by atoms with Crippen molar-refractivity contribution in [3.05, 3.63) is 82.7 Å². The van der Waals surface area contributed by atoms with Gasteiger partial charge in [-0.2, -0.15) is 13.2 Å². The maximum Gasteiger partial charge on any atom is 0.416 e. The SMILES string of the molecule is NC(=O)c1cc(NC(=O)c2nc(-c3cccs3)n(-c3cccc(C(F)(F)F)c3)n2)ccc1F. The molecular formula is C21H13F4N5O2S. The number of nitrogens with one attached hydrogen (secondary N) is 1. The molecule has 0 atom stereocenters. The Balaban J connectivity index is 1.73. The third kappa shape index (κ3) is 4.60. The van der Waals surface area contributed by atoms with Crippen molar-refractivity contribution in [1.82, 2.24) is 14.8 Å². The van der Waals surface area contributed by atoms with Crippen LogP contribution in [0.2, 0.25) is 0 Å². The molecule has 2 aromatic carbocycles. The number of carbonyl (C=O) groups excluding carboxylic acids is 2. The zero-order valence-electron chi connectivity index (χ0n) is 16.4. The Bertz CT molecular complexity index is 1350. The van der Waals surface area contributed by atoms with E-state index in [-0.39, 0.29) is 23.0 Å². The number of hydrogen-bond acceptors (Lipinski definition) is 5. The first-order chi connectivity index (χ1) is 15.6. The summed E-state index contributed by atoms with van der Waals surface area (Å²) in [6, 6.07) is 11.1. The molecule has 0 radical (unpaired) electrons. The van der Waals surface area contributed by atoms with Gasteiger partial charge in [-0.05, 0) is 47.8 Å². The Morgan fingerprint density at radius 2 is 1.85 bits per heavy atom. The van der Waals surface area contributed by atoms with Crippen LogP contribution in [0, 0.1) is 5.82 Å². The number of nitrogens with two attached hydrogens (primary N) is 1. The molecule has 2 aromatic heterocycles. The molecule has 168 valence electrons. The molecule has 2 amide bonds. The lowest BCUT2D eigenvalue weighted by atomic mass is 10.2. The highest BCUT2D eigenvalue weighted by Crippen LogP contribution is 2.32. The van der Waals surface area contributed by atoms with E-state index in [9.17, 15) is 27.2 Å². The molecule has 0 unspecified atom stereocenters. The van der Waals surface area contributed by atoms with Crippen molar-refractivity contribution in [2.75, 3.05) is 5.32 Å². The molecule has 4 rings (SSSR count).